The lowest BCUT2D eigenvalue weighted by molar-refractivity contribution is 0.448. The number of aryl methyl sites for hydroxylation is 1. The first kappa shape index (κ1) is 12.0. The van der Waals surface area contributed by atoms with Crippen LogP contribution < -0.4 is 4.90 Å². The predicted octanol–water partition coefficient (Wildman–Crippen LogP) is 0.566. The molecule has 0 saturated carbocycles. The Hall–Kier alpha value is -0.995. The number of para-hydroxylation sites is 1. The van der Waals surface area contributed by atoms with E-state index in [-0.39, 0.29) is 7.69 Å². The second kappa shape index (κ2) is 6.51. The molecule has 0 unspecified atom stereocenters. The Morgan fingerprint density at radius 1 is 1.15 bits per heavy atom. The molecule has 0 heterocycles. The molecule has 0 amide bonds. The Morgan fingerprint density at radius 2 is 1.62 bits per heavy atom. The summed E-state index contributed by atoms with van der Waals surface area (Å²) in [6.07, 6.45) is 0. The van der Waals surface area contributed by atoms with Crippen LogP contribution in [0.3, 0.4) is 0 Å². The van der Waals surface area contributed by atoms with Crippen LogP contribution in [0.1, 0.15) is 5.56 Å². The number of anilines is 1. The van der Waals surface area contributed by atoms with Gasteiger partial charge in [-0.3, -0.25) is 0 Å². The molecule has 0 aromatic heterocycles. The minimum absolute atomic E-state index is 0. The monoisotopic (exact) mass is 180 g/mol. The van der Waals surface area contributed by atoms with Gasteiger partial charge in [-0.05, 0) is 18.6 Å². The van der Waals surface area contributed by atoms with Crippen molar-refractivity contribution in [1.82, 2.24) is 0 Å². The van der Waals surface area contributed by atoms with E-state index >= 15 is 0 Å². The summed E-state index contributed by atoms with van der Waals surface area (Å²) in [6.45, 7) is 2.12. The third-order valence-electron chi connectivity index (χ3n) is 1.60. The molecule has 0 aliphatic heterocycles. The van der Waals surface area contributed by atoms with E-state index in [0.29, 0.717) is 0 Å². The fourth-order valence-electron chi connectivity index (χ4n) is 1.07. The van der Waals surface area contributed by atoms with E-state index in [2.05, 4.69) is 50.2 Å². The minimum Gasteiger partial charge on any atom is -0.429 e. The van der Waals surface area contributed by atoms with Crippen molar-refractivity contribution in [3.05, 3.63) is 29.8 Å². The largest absolute Gasteiger partial charge is 0.482 e. The van der Waals surface area contributed by atoms with Crippen LogP contribution in [0.4, 0.5) is 5.69 Å². The normalized spacial score (nSPS) is 8.38. The fourth-order valence-corrected chi connectivity index (χ4v) is 1.07. The average molecular weight is 180 g/mol. The second-order valence-electron chi connectivity index (χ2n) is 2.80. The lowest BCUT2D eigenvalue weighted by Gasteiger charge is -2.14. The maximum Gasteiger partial charge on any atom is 0.482 e. The molecule has 1 aromatic carbocycles. The maximum atomic E-state index is 7.00. The fraction of sp³-hybridized carbons (Fsp3) is 0.333. The van der Waals surface area contributed by atoms with Gasteiger partial charge < -0.3 is 14.9 Å². The second-order valence-corrected chi connectivity index (χ2v) is 2.80. The van der Waals surface area contributed by atoms with Gasteiger partial charge in [0.2, 0.25) is 0 Å². The molecule has 0 saturated heterocycles. The zero-order valence-electron chi connectivity index (χ0n) is 8.23. The van der Waals surface area contributed by atoms with Gasteiger partial charge in [0.05, 0.1) is 0 Å². The molecule has 0 fully saturated rings. The minimum atomic E-state index is 0. The van der Waals surface area contributed by atoms with Crippen LogP contribution in [0, 0.1) is 6.92 Å². The topological polar surface area (TPSA) is 43.7 Å². The molecule has 0 aliphatic carbocycles. The van der Waals surface area contributed by atoms with E-state index in [1.807, 2.05) is 0 Å². The van der Waals surface area contributed by atoms with E-state index in [1.165, 1.54) is 11.3 Å². The van der Waals surface area contributed by atoms with Crippen molar-refractivity contribution in [2.45, 2.75) is 6.92 Å². The summed E-state index contributed by atoms with van der Waals surface area (Å²) in [5.41, 5.74) is 2.62. The van der Waals surface area contributed by atoms with Crippen LogP contribution in [0.25, 0.3) is 0 Å². The summed E-state index contributed by atoms with van der Waals surface area (Å²) in [5, 5.41) is 14.0. The molecule has 3 nitrogen and oxygen atoms in total. The van der Waals surface area contributed by atoms with Gasteiger partial charge in [-0.15, -0.1) is 0 Å². The van der Waals surface area contributed by atoms with Crippen LogP contribution in [0.5, 0.6) is 0 Å². The highest BCUT2D eigenvalue weighted by Gasteiger charge is 1.95. The van der Waals surface area contributed by atoms with Crippen molar-refractivity contribution in [2.24, 2.45) is 0 Å². The molecule has 13 heavy (non-hydrogen) atoms. The van der Waals surface area contributed by atoms with Gasteiger partial charge in [-0.1, -0.05) is 18.2 Å². The van der Waals surface area contributed by atoms with Crippen LogP contribution in [-0.4, -0.2) is 31.8 Å². The number of rotatable bonds is 1. The lowest BCUT2D eigenvalue weighted by atomic mass is 10.2. The Bertz CT molecular complexity index is 241. The molecule has 0 spiro atoms. The van der Waals surface area contributed by atoms with Crippen LogP contribution in [-0.2, 0) is 0 Å². The van der Waals surface area contributed by atoms with Crippen LogP contribution in [0.2, 0.25) is 0 Å². The van der Waals surface area contributed by atoms with Gasteiger partial charge in [0, 0.05) is 19.8 Å². The number of nitrogens with zero attached hydrogens (tertiary/aromatic N) is 1. The van der Waals surface area contributed by atoms with Gasteiger partial charge in [0.1, 0.15) is 0 Å². The van der Waals surface area contributed by atoms with Crippen molar-refractivity contribution >= 4 is 13.4 Å². The van der Waals surface area contributed by atoms with Gasteiger partial charge in [-0.2, -0.15) is 0 Å². The van der Waals surface area contributed by atoms with E-state index in [1.54, 1.807) is 0 Å². The first-order valence-electron chi connectivity index (χ1n) is 3.96. The maximum absolute atomic E-state index is 7.00. The quantitative estimate of drug-likeness (QED) is 0.620. The van der Waals surface area contributed by atoms with Crippen LogP contribution >= 0.6 is 0 Å². The van der Waals surface area contributed by atoms with Crippen molar-refractivity contribution < 1.29 is 10.0 Å². The molecule has 1 aromatic rings. The predicted molar refractivity (Wildman–Crippen MR) is 55.7 cm³/mol. The number of benzene rings is 1. The Morgan fingerprint density at radius 3 is 1.92 bits per heavy atom. The zero-order valence-corrected chi connectivity index (χ0v) is 8.23. The Balaban J connectivity index is 0.000000424. The molecule has 0 bridgehead atoms. The molecule has 1 radical (unpaired) electrons. The zero-order chi connectivity index (χ0) is 10.3. The summed E-state index contributed by atoms with van der Waals surface area (Å²) in [6, 6.07) is 8.36. The van der Waals surface area contributed by atoms with Gasteiger partial charge in [-0.25, -0.2) is 0 Å². The highest BCUT2D eigenvalue weighted by atomic mass is 16.4. The molecular formula is C9H15BNO2. The first-order valence-corrected chi connectivity index (χ1v) is 3.96. The van der Waals surface area contributed by atoms with Crippen molar-refractivity contribution in [1.29, 1.82) is 0 Å². The van der Waals surface area contributed by atoms with Crippen LogP contribution in [0.15, 0.2) is 24.3 Å². The molecular weight excluding hydrogens is 165 g/mol. The number of hydrogen-bond acceptors (Lipinski definition) is 3. The van der Waals surface area contributed by atoms with E-state index < -0.39 is 0 Å². The third-order valence-corrected chi connectivity index (χ3v) is 1.60. The highest BCUT2D eigenvalue weighted by molar-refractivity contribution is 6.13. The van der Waals surface area contributed by atoms with Gasteiger partial charge in [0.25, 0.3) is 0 Å². The Kier molecular flexibility index (Phi) is 6.01. The van der Waals surface area contributed by atoms with E-state index in [9.17, 15) is 0 Å². The molecule has 0 atom stereocenters. The standard InChI is InChI=1S/C9H13N.BH2O2/c1-8-6-4-5-7-9(8)10(2)3;2-1-3/h4-7H,1-3H3;2-3H. The summed E-state index contributed by atoms with van der Waals surface area (Å²) in [4.78, 5) is 2.12. The summed E-state index contributed by atoms with van der Waals surface area (Å²) in [7, 11) is 4.12. The smallest absolute Gasteiger partial charge is 0.429 e. The summed E-state index contributed by atoms with van der Waals surface area (Å²) < 4.78 is 0. The average Bonchev–Trinajstić information content (AvgIpc) is 2.06. The summed E-state index contributed by atoms with van der Waals surface area (Å²) >= 11 is 0. The first-order chi connectivity index (χ1) is 6.13. The van der Waals surface area contributed by atoms with Crippen molar-refractivity contribution in [2.75, 3.05) is 19.0 Å². The highest BCUT2D eigenvalue weighted by Crippen LogP contribution is 2.15. The van der Waals surface area contributed by atoms with E-state index in [0.717, 1.165) is 0 Å². The Labute approximate surface area is 79.9 Å². The van der Waals surface area contributed by atoms with E-state index in [4.69, 9.17) is 10.0 Å². The molecule has 1 rings (SSSR count). The SMILES string of the molecule is Cc1ccccc1N(C)C.O[B]O. The molecule has 71 valence electrons. The number of hydrogen-bond donors (Lipinski definition) is 2. The summed E-state index contributed by atoms with van der Waals surface area (Å²) in [5.74, 6) is 0. The van der Waals surface area contributed by atoms with Crippen molar-refractivity contribution in [3.8, 4) is 0 Å². The van der Waals surface area contributed by atoms with Crippen molar-refractivity contribution in [3.63, 3.8) is 0 Å². The molecule has 0 aliphatic rings. The van der Waals surface area contributed by atoms with Gasteiger partial charge >= 0.3 is 7.69 Å². The lowest BCUT2D eigenvalue weighted by Crippen LogP contribution is -2.09. The molecule has 4 heteroatoms. The van der Waals surface area contributed by atoms with Gasteiger partial charge in [0.15, 0.2) is 0 Å². The third kappa shape index (κ3) is 4.55. The molecule has 2 N–H and O–H groups in total.